The number of carbonyl (C=O) groups is 2. The molecule has 3 rings (SSSR count). The van der Waals surface area contributed by atoms with E-state index in [9.17, 15) is 22.8 Å². The predicted octanol–water partition coefficient (Wildman–Crippen LogP) is 5.06. The molecule has 1 aromatic heterocycles. The number of aryl methyl sites for hydroxylation is 1. The van der Waals surface area contributed by atoms with Gasteiger partial charge < -0.3 is 21.1 Å². The van der Waals surface area contributed by atoms with Gasteiger partial charge in [-0.2, -0.15) is 13.2 Å². The van der Waals surface area contributed by atoms with Crippen LogP contribution in [0.2, 0.25) is 5.02 Å². The smallest absolute Gasteiger partial charge is 0.417 e. The summed E-state index contributed by atoms with van der Waals surface area (Å²) in [5.74, 6) is -0.0255. The highest BCUT2D eigenvalue weighted by Gasteiger charge is 2.33. The molecule has 0 atom stereocenters. The highest BCUT2D eigenvalue weighted by molar-refractivity contribution is 6.31. The lowest BCUT2D eigenvalue weighted by atomic mass is 10.1. The Kier molecular flexibility index (Phi) is 7.62. The van der Waals surface area contributed by atoms with E-state index in [4.69, 9.17) is 22.1 Å². The van der Waals surface area contributed by atoms with Crippen molar-refractivity contribution in [2.45, 2.75) is 19.0 Å². The number of benzene rings is 2. The summed E-state index contributed by atoms with van der Waals surface area (Å²) in [4.78, 5) is 27.9. The molecule has 0 spiro atoms. The highest BCUT2D eigenvalue weighted by atomic mass is 35.5. The van der Waals surface area contributed by atoms with Crippen molar-refractivity contribution in [1.82, 2.24) is 10.3 Å². The largest absolute Gasteiger partial charge is 0.457 e. The molecule has 0 aliphatic carbocycles. The van der Waals surface area contributed by atoms with E-state index < -0.39 is 22.7 Å². The number of ether oxygens (including phenoxy) is 1. The zero-order chi connectivity index (χ0) is 24.9. The number of alkyl halides is 3. The number of pyridine rings is 1. The Hall–Kier alpha value is -3.79. The van der Waals surface area contributed by atoms with Gasteiger partial charge in [-0.1, -0.05) is 17.7 Å². The second-order valence-electron chi connectivity index (χ2n) is 7.16. The Morgan fingerprint density at radius 2 is 1.82 bits per heavy atom. The van der Waals surface area contributed by atoms with Crippen molar-refractivity contribution in [2.75, 3.05) is 18.1 Å². The van der Waals surface area contributed by atoms with Crippen LogP contribution < -0.4 is 21.1 Å². The van der Waals surface area contributed by atoms with Crippen molar-refractivity contribution >= 4 is 34.8 Å². The van der Waals surface area contributed by atoms with Crippen LogP contribution in [0.15, 0.2) is 54.7 Å². The Balaban J connectivity index is 1.61. The molecule has 7 nitrogen and oxygen atoms in total. The maximum atomic E-state index is 13.0. The van der Waals surface area contributed by atoms with Gasteiger partial charge in [0.1, 0.15) is 17.2 Å². The van der Waals surface area contributed by atoms with Crippen molar-refractivity contribution in [3.8, 4) is 11.5 Å². The number of anilines is 2. The number of nitrogens with two attached hydrogens (primary N) is 1. The minimum atomic E-state index is -4.63. The molecule has 0 bridgehead atoms. The minimum absolute atomic E-state index is 0.00573. The van der Waals surface area contributed by atoms with E-state index in [-0.39, 0.29) is 30.1 Å². The Bertz CT molecular complexity index is 1220. The van der Waals surface area contributed by atoms with Gasteiger partial charge >= 0.3 is 6.18 Å². The lowest BCUT2D eigenvalue weighted by Crippen LogP contribution is -2.18. The van der Waals surface area contributed by atoms with E-state index in [0.29, 0.717) is 22.7 Å². The van der Waals surface area contributed by atoms with E-state index in [2.05, 4.69) is 15.6 Å². The fraction of sp³-hybridized carbons (Fsp3) is 0.174. The molecule has 1 heterocycles. The molecule has 0 aliphatic rings. The molecule has 178 valence electrons. The number of hydrogen-bond acceptors (Lipinski definition) is 5. The summed E-state index contributed by atoms with van der Waals surface area (Å²) in [7, 11) is 1.49. The number of nitrogens with zero attached hydrogens (tertiary/aromatic N) is 1. The number of amides is 2. The molecule has 11 heteroatoms. The predicted molar refractivity (Wildman–Crippen MR) is 122 cm³/mol. The molecule has 4 N–H and O–H groups in total. The second kappa shape index (κ2) is 10.4. The molecule has 0 aliphatic heterocycles. The first-order chi connectivity index (χ1) is 16.1. The Morgan fingerprint density at radius 3 is 2.50 bits per heavy atom. The van der Waals surface area contributed by atoms with Gasteiger partial charge in [-0.3, -0.25) is 14.6 Å². The van der Waals surface area contributed by atoms with Gasteiger partial charge in [0.2, 0.25) is 5.91 Å². The molecule has 0 unspecified atom stereocenters. The highest BCUT2D eigenvalue weighted by Crippen LogP contribution is 2.36. The van der Waals surface area contributed by atoms with Gasteiger partial charge in [0.05, 0.1) is 10.6 Å². The standard InChI is InChI=1S/C23H20ClF3N4O3/c1-29-22(33)20-12-16(8-9-30-20)34-15-5-2-13(19(28)11-15)3-7-21(32)31-14-4-6-18(24)17(10-14)23(25,26)27/h2,4-6,8-12H,3,7,28H2,1H3,(H,29,33)(H,31,32). The van der Waals surface area contributed by atoms with Crippen molar-refractivity contribution in [2.24, 2.45) is 0 Å². The summed E-state index contributed by atoms with van der Waals surface area (Å²) in [6.45, 7) is 0. The third kappa shape index (κ3) is 6.38. The van der Waals surface area contributed by atoms with Gasteiger partial charge in [0, 0.05) is 43.2 Å². The van der Waals surface area contributed by atoms with E-state index >= 15 is 0 Å². The first-order valence-electron chi connectivity index (χ1n) is 9.98. The summed E-state index contributed by atoms with van der Waals surface area (Å²) in [5, 5.41) is 4.46. The first kappa shape index (κ1) is 24.8. The van der Waals surface area contributed by atoms with Crippen LogP contribution in [-0.2, 0) is 17.4 Å². The average Bonchev–Trinajstić information content (AvgIpc) is 2.78. The molecule has 2 aromatic carbocycles. The number of carbonyl (C=O) groups excluding carboxylic acids is 2. The molecule has 0 radical (unpaired) electrons. The Morgan fingerprint density at radius 1 is 1.09 bits per heavy atom. The molecule has 0 saturated carbocycles. The maximum absolute atomic E-state index is 13.0. The van der Waals surface area contributed by atoms with Gasteiger partial charge in [-0.25, -0.2) is 0 Å². The molecule has 3 aromatic rings. The molecule has 0 saturated heterocycles. The SMILES string of the molecule is CNC(=O)c1cc(Oc2ccc(CCC(=O)Nc3ccc(Cl)c(C(F)(F)F)c3)c(N)c2)ccn1. The topological polar surface area (TPSA) is 106 Å². The van der Waals surface area contributed by atoms with E-state index in [0.717, 1.165) is 12.1 Å². The lowest BCUT2D eigenvalue weighted by Gasteiger charge is -2.12. The van der Waals surface area contributed by atoms with Crippen LogP contribution in [0.1, 0.15) is 28.0 Å². The van der Waals surface area contributed by atoms with Gasteiger partial charge in [0.25, 0.3) is 5.91 Å². The van der Waals surface area contributed by atoms with Crippen LogP contribution in [-0.4, -0.2) is 23.8 Å². The number of hydrogen-bond donors (Lipinski definition) is 3. The molecular formula is C23H20ClF3N4O3. The second-order valence-corrected chi connectivity index (χ2v) is 7.57. The van der Waals surface area contributed by atoms with Crippen molar-refractivity contribution < 1.29 is 27.5 Å². The van der Waals surface area contributed by atoms with Gasteiger partial charge in [-0.05, 0) is 42.3 Å². The molecular weight excluding hydrogens is 473 g/mol. The van der Waals surface area contributed by atoms with Crippen LogP contribution in [0.5, 0.6) is 11.5 Å². The van der Waals surface area contributed by atoms with Crippen molar-refractivity contribution in [3.63, 3.8) is 0 Å². The van der Waals surface area contributed by atoms with Crippen LogP contribution in [0.3, 0.4) is 0 Å². The molecule has 2 amide bonds. The summed E-state index contributed by atoms with van der Waals surface area (Å²) < 4.78 is 44.7. The average molecular weight is 493 g/mol. The van der Waals surface area contributed by atoms with Gasteiger partial charge in [-0.15, -0.1) is 0 Å². The third-order valence-corrected chi connectivity index (χ3v) is 5.05. The number of nitrogens with one attached hydrogen (secondary N) is 2. The quantitative estimate of drug-likeness (QED) is 0.400. The third-order valence-electron chi connectivity index (χ3n) is 4.72. The summed E-state index contributed by atoms with van der Waals surface area (Å²) in [5.41, 5.74) is 6.27. The van der Waals surface area contributed by atoms with E-state index in [1.54, 1.807) is 24.3 Å². The zero-order valence-electron chi connectivity index (χ0n) is 17.9. The van der Waals surface area contributed by atoms with Crippen molar-refractivity contribution in [1.29, 1.82) is 0 Å². The van der Waals surface area contributed by atoms with Crippen LogP contribution >= 0.6 is 11.6 Å². The molecule has 0 fully saturated rings. The van der Waals surface area contributed by atoms with E-state index in [1.807, 2.05) is 0 Å². The summed E-state index contributed by atoms with van der Waals surface area (Å²) in [6, 6.07) is 11.1. The summed E-state index contributed by atoms with van der Waals surface area (Å²) >= 11 is 5.59. The minimum Gasteiger partial charge on any atom is -0.457 e. The van der Waals surface area contributed by atoms with Crippen LogP contribution in [0.25, 0.3) is 0 Å². The van der Waals surface area contributed by atoms with Crippen LogP contribution in [0, 0.1) is 0 Å². The van der Waals surface area contributed by atoms with Crippen LogP contribution in [0.4, 0.5) is 24.5 Å². The monoisotopic (exact) mass is 492 g/mol. The fourth-order valence-corrected chi connectivity index (χ4v) is 3.24. The maximum Gasteiger partial charge on any atom is 0.417 e. The molecule has 34 heavy (non-hydrogen) atoms. The van der Waals surface area contributed by atoms with E-state index in [1.165, 1.54) is 25.4 Å². The number of rotatable bonds is 7. The number of halogens is 4. The lowest BCUT2D eigenvalue weighted by molar-refractivity contribution is -0.137. The summed E-state index contributed by atoms with van der Waals surface area (Å²) in [6.07, 6.45) is -2.94. The van der Waals surface area contributed by atoms with Gasteiger partial charge in [0.15, 0.2) is 0 Å². The zero-order valence-corrected chi connectivity index (χ0v) is 18.6. The number of nitrogen functional groups attached to an aromatic ring is 1. The normalized spacial score (nSPS) is 11.1. The fourth-order valence-electron chi connectivity index (χ4n) is 3.02. The number of aromatic nitrogens is 1. The first-order valence-corrected chi connectivity index (χ1v) is 10.4. The van der Waals surface area contributed by atoms with Crippen molar-refractivity contribution in [3.05, 3.63) is 76.6 Å². The Labute approximate surface area is 198 Å².